The SMILES string of the molecule is CCOC(=O)Cc1csc(NC(=O)CN2CCN(c3ccc4c(c3)OCO4)C2=O)n1. The second kappa shape index (κ2) is 8.57. The molecule has 0 saturated carbocycles. The van der Waals surface area contributed by atoms with Crippen LogP contribution in [0.5, 0.6) is 11.5 Å². The molecule has 158 valence electrons. The molecular formula is C19H20N4O6S. The third-order valence-corrected chi connectivity index (χ3v) is 5.33. The van der Waals surface area contributed by atoms with Crippen molar-refractivity contribution in [2.45, 2.75) is 13.3 Å². The Morgan fingerprint density at radius 1 is 1.27 bits per heavy atom. The first-order valence-electron chi connectivity index (χ1n) is 9.39. The van der Waals surface area contributed by atoms with Crippen molar-refractivity contribution in [1.82, 2.24) is 9.88 Å². The van der Waals surface area contributed by atoms with Gasteiger partial charge in [-0.15, -0.1) is 11.3 Å². The molecule has 1 aromatic heterocycles. The molecule has 0 radical (unpaired) electrons. The minimum atomic E-state index is -0.369. The van der Waals surface area contributed by atoms with Crippen molar-refractivity contribution in [3.63, 3.8) is 0 Å². The number of ether oxygens (including phenoxy) is 3. The van der Waals surface area contributed by atoms with E-state index in [2.05, 4.69) is 10.3 Å². The van der Waals surface area contributed by atoms with Crippen LogP contribution in [0.15, 0.2) is 23.6 Å². The molecule has 0 spiro atoms. The molecule has 2 aromatic rings. The number of hydrogen-bond donors (Lipinski definition) is 1. The number of nitrogens with zero attached hydrogens (tertiary/aromatic N) is 3. The summed E-state index contributed by atoms with van der Waals surface area (Å²) < 4.78 is 15.5. The molecule has 2 aliphatic rings. The molecule has 1 fully saturated rings. The topological polar surface area (TPSA) is 110 Å². The number of nitrogens with one attached hydrogen (secondary N) is 1. The van der Waals surface area contributed by atoms with E-state index >= 15 is 0 Å². The Morgan fingerprint density at radius 3 is 2.93 bits per heavy atom. The Morgan fingerprint density at radius 2 is 2.10 bits per heavy atom. The molecular weight excluding hydrogens is 412 g/mol. The predicted octanol–water partition coefficient (Wildman–Crippen LogP) is 1.86. The quantitative estimate of drug-likeness (QED) is 0.665. The number of carbonyl (C=O) groups excluding carboxylic acids is 3. The number of aromatic nitrogens is 1. The van der Waals surface area contributed by atoms with Gasteiger partial charge in [0.2, 0.25) is 12.7 Å². The second-order valence-corrected chi connectivity index (χ2v) is 7.43. The molecule has 11 heteroatoms. The van der Waals surface area contributed by atoms with E-state index in [9.17, 15) is 14.4 Å². The van der Waals surface area contributed by atoms with E-state index < -0.39 is 0 Å². The van der Waals surface area contributed by atoms with Crippen molar-refractivity contribution in [2.75, 3.05) is 43.3 Å². The highest BCUT2D eigenvalue weighted by atomic mass is 32.1. The number of anilines is 2. The van der Waals surface area contributed by atoms with Crippen molar-refractivity contribution in [3.05, 3.63) is 29.3 Å². The molecule has 1 saturated heterocycles. The van der Waals surface area contributed by atoms with Crippen molar-refractivity contribution < 1.29 is 28.6 Å². The maximum absolute atomic E-state index is 12.7. The largest absolute Gasteiger partial charge is 0.466 e. The molecule has 0 aliphatic carbocycles. The van der Waals surface area contributed by atoms with Crippen LogP contribution in [0.4, 0.5) is 15.6 Å². The zero-order valence-electron chi connectivity index (χ0n) is 16.3. The smallest absolute Gasteiger partial charge is 0.325 e. The van der Waals surface area contributed by atoms with Gasteiger partial charge in [-0.2, -0.15) is 0 Å². The van der Waals surface area contributed by atoms with Crippen molar-refractivity contribution in [3.8, 4) is 11.5 Å². The van der Waals surface area contributed by atoms with Crippen LogP contribution in [-0.2, 0) is 20.7 Å². The zero-order chi connectivity index (χ0) is 21.1. The van der Waals surface area contributed by atoms with Gasteiger partial charge in [0.25, 0.3) is 0 Å². The molecule has 10 nitrogen and oxygen atoms in total. The molecule has 30 heavy (non-hydrogen) atoms. The van der Waals surface area contributed by atoms with Crippen LogP contribution >= 0.6 is 11.3 Å². The number of rotatable bonds is 7. The Balaban J connectivity index is 1.31. The van der Waals surface area contributed by atoms with Gasteiger partial charge in [0.15, 0.2) is 16.6 Å². The van der Waals surface area contributed by atoms with Gasteiger partial charge in [-0.05, 0) is 19.1 Å². The minimum absolute atomic E-state index is 0.0509. The number of carbonyl (C=O) groups is 3. The number of amides is 3. The van der Waals surface area contributed by atoms with E-state index in [0.29, 0.717) is 47.7 Å². The summed E-state index contributed by atoms with van der Waals surface area (Å²) in [6, 6.07) is 5.04. The fraction of sp³-hybridized carbons (Fsp3) is 0.368. The van der Waals surface area contributed by atoms with Gasteiger partial charge >= 0.3 is 12.0 Å². The number of urea groups is 1. The molecule has 0 atom stereocenters. The minimum Gasteiger partial charge on any atom is -0.466 e. The van der Waals surface area contributed by atoms with Crippen LogP contribution in [0.3, 0.4) is 0 Å². The first-order valence-corrected chi connectivity index (χ1v) is 10.3. The highest BCUT2D eigenvalue weighted by Crippen LogP contribution is 2.36. The van der Waals surface area contributed by atoms with Crippen LogP contribution in [0.1, 0.15) is 12.6 Å². The number of esters is 1. The molecule has 4 rings (SSSR count). The van der Waals surface area contributed by atoms with Crippen LogP contribution in [0.25, 0.3) is 0 Å². The fourth-order valence-corrected chi connectivity index (χ4v) is 3.89. The number of thiazole rings is 1. The Labute approximate surface area is 176 Å². The van der Waals surface area contributed by atoms with E-state index in [4.69, 9.17) is 14.2 Å². The average molecular weight is 432 g/mol. The lowest BCUT2D eigenvalue weighted by Crippen LogP contribution is -2.37. The fourth-order valence-electron chi connectivity index (χ4n) is 3.16. The summed E-state index contributed by atoms with van der Waals surface area (Å²) in [7, 11) is 0. The van der Waals surface area contributed by atoms with E-state index in [1.165, 1.54) is 16.2 Å². The molecule has 1 aromatic carbocycles. The first kappa shape index (κ1) is 20.0. The Hall–Kier alpha value is -3.34. The van der Waals surface area contributed by atoms with E-state index in [-0.39, 0.29) is 37.7 Å². The maximum Gasteiger partial charge on any atom is 0.325 e. The monoisotopic (exact) mass is 432 g/mol. The first-order chi connectivity index (χ1) is 14.5. The molecule has 3 amide bonds. The van der Waals surface area contributed by atoms with Crippen LogP contribution in [0.2, 0.25) is 0 Å². The zero-order valence-corrected chi connectivity index (χ0v) is 17.1. The lowest BCUT2D eigenvalue weighted by atomic mass is 10.2. The summed E-state index contributed by atoms with van der Waals surface area (Å²) in [4.78, 5) is 43.9. The summed E-state index contributed by atoms with van der Waals surface area (Å²) in [6.45, 7) is 3.00. The van der Waals surface area contributed by atoms with Gasteiger partial charge in [0.05, 0.1) is 18.7 Å². The normalized spacial score (nSPS) is 14.9. The van der Waals surface area contributed by atoms with Crippen LogP contribution in [-0.4, -0.2) is 60.8 Å². The summed E-state index contributed by atoms with van der Waals surface area (Å²) in [5, 5.41) is 4.73. The van der Waals surface area contributed by atoms with Gasteiger partial charge in [0.1, 0.15) is 6.54 Å². The van der Waals surface area contributed by atoms with E-state index in [1.807, 2.05) is 0 Å². The molecule has 3 heterocycles. The summed E-state index contributed by atoms with van der Waals surface area (Å²) in [5.74, 6) is 0.520. The number of fused-ring (bicyclic) bond motifs is 1. The van der Waals surface area contributed by atoms with E-state index in [0.717, 1.165) is 0 Å². The van der Waals surface area contributed by atoms with Crippen molar-refractivity contribution in [1.29, 1.82) is 0 Å². The molecule has 2 aliphatic heterocycles. The summed E-state index contributed by atoms with van der Waals surface area (Å²) >= 11 is 1.21. The standard InChI is InChI=1S/C19H20N4O6S/c1-2-27-17(25)7-12-10-30-18(20-12)21-16(24)9-22-5-6-23(19(22)26)13-3-4-14-15(8-13)29-11-28-14/h3-4,8,10H,2,5-7,9,11H2,1H3,(H,20,21,24). The summed E-state index contributed by atoms with van der Waals surface area (Å²) in [6.07, 6.45) is 0.0509. The molecule has 1 N–H and O–H groups in total. The van der Waals surface area contributed by atoms with Crippen LogP contribution < -0.4 is 19.7 Å². The van der Waals surface area contributed by atoms with Gasteiger partial charge < -0.3 is 24.4 Å². The lowest BCUT2D eigenvalue weighted by Gasteiger charge is -2.18. The van der Waals surface area contributed by atoms with Gasteiger partial charge in [0, 0.05) is 30.2 Å². The number of benzene rings is 1. The third kappa shape index (κ3) is 4.30. The Kier molecular flexibility index (Phi) is 5.70. The summed E-state index contributed by atoms with van der Waals surface area (Å²) in [5.41, 5.74) is 1.22. The highest BCUT2D eigenvalue weighted by molar-refractivity contribution is 7.13. The maximum atomic E-state index is 12.7. The van der Waals surface area contributed by atoms with Gasteiger partial charge in [-0.1, -0.05) is 0 Å². The Bertz CT molecular complexity index is 978. The third-order valence-electron chi connectivity index (χ3n) is 4.53. The van der Waals surface area contributed by atoms with E-state index in [1.54, 1.807) is 35.4 Å². The molecule has 0 unspecified atom stereocenters. The van der Waals surface area contributed by atoms with Crippen molar-refractivity contribution >= 4 is 40.1 Å². The van der Waals surface area contributed by atoms with Gasteiger partial charge in [-0.25, -0.2) is 9.78 Å². The highest BCUT2D eigenvalue weighted by Gasteiger charge is 2.32. The number of hydrogen-bond acceptors (Lipinski definition) is 8. The van der Waals surface area contributed by atoms with Crippen molar-refractivity contribution in [2.24, 2.45) is 0 Å². The average Bonchev–Trinajstić information content (AvgIpc) is 3.43. The van der Waals surface area contributed by atoms with Gasteiger partial charge in [-0.3, -0.25) is 14.5 Å². The molecule has 0 bridgehead atoms. The predicted molar refractivity (Wildman–Crippen MR) is 108 cm³/mol. The second-order valence-electron chi connectivity index (χ2n) is 6.57. The lowest BCUT2D eigenvalue weighted by molar-refractivity contribution is -0.142. The van der Waals surface area contributed by atoms with Crippen LogP contribution in [0, 0.1) is 0 Å².